The summed E-state index contributed by atoms with van der Waals surface area (Å²) in [7, 11) is 0. The molecule has 3 saturated heterocycles. The average molecular weight is 553 g/mol. The number of aliphatic hydroxyl groups excluding tert-OH is 1. The summed E-state index contributed by atoms with van der Waals surface area (Å²) in [5, 5.41) is 9.18. The first-order valence-corrected chi connectivity index (χ1v) is 14.5. The van der Waals surface area contributed by atoms with Crippen molar-refractivity contribution >= 4 is 23.5 Å². The molecule has 1 aromatic carbocycles. The summed E-state index contributed by atoms with van der Waals surface area (Å²) >= 11 is 0. The SMILES string of the molecule is C=CCOC(=O)[C@@H]1[C@H]2C(=O)N(CCCCCCO)C(C(=O)N(CC=C)c3c(C)cccc3C)C23CC(C)[C@@]1(C)O3. The number of unbranched alkanes of at least 4 members (excludes halogenated alkanes) is 3. The number of hydrogen-bond acceptors (Lipinski definition) is 6. The maximum Gasteiger partial charge on any atom is 0.313 e. The number of para-hydroxylation sites is 1. The molecule has 1 N–H and O–H groups in total. The van der Waals surface area contributed by atoms with Gasteiger partial charge in [-0.3, -0.25) is 14.4 Å². The van der Waals surface area contributed by atoms with Crippen LogP contribution in [-0.2, 0) is 23.9 Å². The van der Waals surface area contributed by atoms with E-state index in [-0.39, 0.29) is 37.5 Å². The Balaban J connectivity index is 1.79. The summed E-state index contributed by atoms with van der Waals surface area (Å²) in [5.41, 5.74) is 0.642. The number of fused-ring (bicyclic) bond motifs is 1. The van der Waals surface area contributed by atoms with Crippen LogP contribution in [-0.4, -0.2) is 71.3 Å². The summed E-state index contributed by atoms with van der Waals surface area (Å²) in [5.74, 6) is -2.61. The zero-order valence-corrected chi connectivity index (χ0v) is 24.4. The first-order chi connectivity index (χ1) is 19.1. The number of likely N-dealkylation sites (tertiary alicyclic amines) is 1. The van der Waals surface area contributed by atoms with E-state index in [0.717, 1.165) is 29.7 Å². The molecule has 3 heterocycles. The van der Waals surface area contributed by atoms with Gasteiger partial charge in [0.2, 0.25) is 5.91 Å². The predicted molar refractivity (Wildman–Crippen MR) is 154 cm³/mol. The number of amides is 2. The summed E-state index contributed by atoms with van der Waals surface area (Å²) in [4.78, 5) is 45.9. The topological polar surface area (TPSA) is 96.4 Å². The number of aliphatic hydroxyl groups is 1. The number of carbonyl (C=O) groups excluding carboxylic acids is 3. The lowest BCUT2D eigenvalue weighted by molar-refractivity contribution is -0.160. The highest BCUT2D eigenvalue weighted by molar-refractivity contribution is 6.05. The minimum absolute atomic E-state index is 0.0459. The second-order valence-electron chi connectivity index (χ2n) is 11.8. The molecule has 40 heavy (non-hydrogen) atoms. The number of carbonyl (C=O) groups is 3. The Hall–Kier alpha value is -2.97. The molecule has 1 spiro atoms. The second kappa shape index (κ2) is 11.9. The minimum atomic E-state index is -1.14. The van der Waals surface area contributed by atoms with Crippen LogP contribution in [0.1, 0.15) is 57.1 Å². The molecule has 4 rings (SSSR count). The number of anilines is 1. The smallest absolute Gasteiger partial charge is 0.313 e. The molecule has 2 amide bonds. The third kappa shape index (κ3) is 4.79. The van der Waals surface area contributed by atoms with Gasteiger partial charge < -0.3 is 24.4 Å². The molecule has 1 aromatic rings. The second-order valence-corrected chi connectivity index (χ2v) is 11.8. The highest BCUT2D eigenvalue weighted by Gasteiger charge is 2.80. The quantitative estimate of drug-likeness (QED) is 0.225. The monoisotopic (exact) mass is 552 g/mol. The maximum atomic E-state index is 14.8. The Morgan fingerprint density at radius 3 is 2.48 bits per heavy atom. The molecule has 0 aromatic heterocycles. The van der Waals surface area contributed by atoms with Crippen molar-refractivity contribution in [2.45, 2.75) is 77.0 Å². The lowest BCUT2D eigenvalue weighted by atomic mass is 9.62. The van der Waals surface area contributed by atoms with Crippen LogP contribution in [0.4, 0.5) is 5.69 Å². The van der Waals surface area contributed by atoms with Gasteiger partial charge in [-0.05, 0) is 57.1 Å². The Morgan fingerprint density at radius 1 is 1.18 bits per heavy atom. The van der Waals surface area contributed by atoms with E-state index >= 15 is 0 Å². The van der Waals surface area contributed by atoms with Crippen molar-refractivity contribution in [1.29, 1.82) is 0 Å². The van der Waals surface area contributed by atoms with E-state index in [1.54, 1.807) is 15.9 Å². The van der Waals surface area contributed by atoms with Crippen molar-refractivity contribution < 1.29 is 29.0 Å². The van der Waals surface area contributed by atoms with Crippen LogP contribution in [0.5, 0.6) is 0 Å². The van der Waals surface area contributed by atoms with Gasteiger partial charge in [0.05, 0.1) is 11.5 Å². The zero-order chi connectivity index (χ0) is 29.2. The number of ether oxygens (including phenoxy) is 2. The molecule has 3 fully saturated rings. The van der Waals surface area contributed by atoms with E-state index in [1.165, 1.54) is 6.08 Å². The molecule has 3 unspecified atom stereocenters. The molecule has 3 aliphatic rings. The lowest BCUT2D eigenvalue weighted by Gasteiger charge is -2.38. The molecule has 218 valence electrons. The molecular formula is C32H44N2O6. The number of hydrogen-bond donors (Lipinski definition) is 1. The third-order valence-corrected chi connectivity index (χ3v) is 9.24. The Labute approximate surface area is 238 Å². The molecule has 8 nitrogen and oxygen atoms in total. The largest absolute Gasteiger partial charge is 0.461 e. The van der Waals surface area contributed by atoms with E-state index in [4.69, 9.17) is 9.47 Å². The fourth-order valence-corrected chi connectivity index (χ4v) is 7.39. The normalized spacial score (nSPS) is 30.3. The first kappa shape index (κ1) is 30.0. The van der Waals surface area contributed by atoms with Crippen LogP contribution in [0, 0.1) is 31.6 Å². The standard InChI is InChI=1S/C32H44N2O6/c1-7-16-33(26-21(3)14-13-15-22(26)4)29(37)27-32-20-23(5)31(6,40-32)25(30(38)39-19-8-2)24(32)28(36)34(27)17-11-9-10-12-18-35/h7-8,13-15,23-25,27,35H,1-2,9-12,16-20H2,3-6H3/t23?,24-,25-,27?,31+,32?/m0/s1. The number of esters is 1. The van der Waals surface area contributed by atoms with Crippen LogP contribution in [0.25, 0.3) is 0 Å². The number of nitrogens with zero attached hydrogens (tertiary/aromatic N) is 2. The van der Waals surface area contributed by atoms with Crippen molar-refractivity contribution in [3.8, 4) is 0 Å². The molecule has 8 heteroatoms. The van der Waals surface area contributed by atoms with Crippen LogP contribution in [0.3, 0.4) is 0 Å². The fraction of sp³-hybridized carbons (Fsp3) is 0.594. The van der Waals surface area contributed by atoms with Crippen molar-refractivity contribution in [2.24, 2.45) is 17.8 Å². The number of aryl methyl sites for hydroxylation is 2. The molecule has 0 radical (unpaired) electrons. The van der Waals surface area contributed by atoms with Crippen LogP contribution in [0.2, 0.25) is 0 Å². The van der Waals surface area contributed by atoms with Gasteiger partial charge in [0, 0.05) is 25.4 Å². The van der Waals surface area contributed by atoms with E-state index in [2.05, 4.69) is 13.2 Å². The van der Waals surface area contributed by atoms with E-state index in [0.29, 0.717) is 25.8 Å². The molecule has 6 atom stereocenters. The maximum absolute atomic E-state index is 14.8. The summed E-state index contributed by atoms with van der Waals surface area (Å²) in [6.07, 6.45) is 6.72. The molecule has 2 bridgehead atoms. The lowest BCUT2D eigenvalue weighted by Crippen LogP contribution is -2.57. The highest BCUT2D eigenvalue weighted by atomic mass is 16.6. The van der Waals surface area contributed by atoms with Crippen molar-refractivity contribution in [2.75, 3.05) is 31.2 Å². The van der Waals surface area contributed by atoms with Gasteiger partial charge in [-0.2, -0.15) is 0 Å². The van der Waals surface area contributed by atoms with Gasteiger partial charge in [0.25, 0.3) is 5.91 Å². The highest BCUT2D eigenvalue weighted by Crippen LogP contribution is 2.65. The van der Waals surface area contributed by atoms with Crippen molar-refractivity contribution in [1.82, 2.24) is 4.90 Å². The van der Waals surface area contributed by atoms with Gasteiger partial charge in [-0.25, -0.2) is 0 Å². The van der Waals surface area contributed by atoms with Gasteiger partial charge in [-0.15, -0.1) is 6.58 Å². The molecular weight excluding hydrogens is 508 g/mol. The van der Waals surface area contributed by atoms with Gasteiger partial charge in [-0.1, -0.05) is 56.7 Å². The minimum Gasteiger partial charge on any atom is -0.461 e. The summed E-state index contributed by atoms with van der Waals surface area (Å²) in [6, 6.07) is 5.01. The van der Waals surface area contributed by atoms with Crippen LogP contribution >= 0.6 is 0 Å². The Kier molecular flexibility index (Phi) is 8.90. The van der Waals surface area contributed by atoms with Crippen LogP contribution < -0.4 is 4.90 Å². The van der Waals surface area contributed by atoms with Gasteiger partial charge >= 0.3 is 5.97 Å². The van der Waals surface area contributed by atoms with E-state index in [1.807, 2.05) is 45.9 Å². The Morgan fingerprint density at radius 2 is 1.85 bits per heavy atom. The van der Waals surface area contributed by atoms with Crippen molar-refractivity contribution in [3.05, 3.63) is 54.6 Å². The predicted octanol–water partition coefficient (Wildman–Crippen LogP) is 4.12. The van der Waals surface area contributed by atoms with Crippen LogP contribution in [0.15, 0.2) is 43.5 Å². The number of rotatable bonds is 13. The number of benzene rings is 1. The fourth-order valence-electron chi connectivity index (χ4n) is 7.39. The molecule has 0 saturated carbocycles. The average Bonchev–Trinajstić information content (AvgIpc) is 3.42. The van der Waals surface area contributed by atoms with E-state index < -0.39 is 35.0 Å². The summed E-state index contributed by atoms with van der Waals surface area (Å²) in [6.45, 7) is 16.2. The first-order valence-electron chi connectivity index (χ1n) is 14.5. The summed E-state index contributed by atoms with van der Waals surface area (Å²) < 4.78 is 12.3. The van der Waals surface area contributed by atoms with Gasteiger partial charge in [0.15, 0.2) is 0 Å². The van der Waals surface area contributed by atoms with E-state index in [9.17, 15) is 19.5 Å². The molecule has 0 aliphatic carbocycles. The third-order valence-electron chi connectivity index (χ3n) is 9.24. The molecule has 3 aliphatic heterocycles. The van der Waals surface area contributed by atoms with Gasteiger partial charge in [0.1, 0.15) is 24.2 Å². The Bertz CT molecular complexity index is 1150. The zero-order valence-electron chi connectivity index (χ0n) is 24.4. The van der Waals surface area contributed by atoms with Crippen molar-refractivity contribution in [3.63, 3.8) is 0 Å².